The van der Waals surface area contributed by atoms with Crippen LogP contribution in [0.3, 0.4) is 0 Å². The van der Waals surface area contributed by atoms with E-state index in [-0.39, 0.29) is 0 Å². The monoisotopic (exact) mass is 268 g/mol. The van der Waals surface area contributed by atoms with E-state index in [9.17, 15) is 0 Å². The average Bonchev–Trinajstić information content (AvgIpc) is 2.39. The summed E-state index contributed by atoms with van der Waals surface area (Å²) in [6.45, 7) is 6.02. The summed E-state index contributed by atoms with van der Waals surface area (Å²) in [7, 11) is 1.68. The molecule has 1 rings (SSSR count). The smallest absolute Gasteiger partial charge is 0.242 e. The van der Waals surface area contributed by atoms with Gasteiger partial charge in [0.25, 0.3) is 0 Å². The Balaban J connectivity index is 2.64. The van der Waals surface area contributed by atoms with Crippen LogP contribution < -0.4 is 15.8 Å². The maximum absolute atomic E-state index is 6.01. The number of nitrogens with two attached hydrogens (primary N) is 1. The van der Waals surface area contributed by atoms with E-state index in [1.54, 1.807) is 7.11 Å². The van der Waals surface area contributed by atoms with Crippen molar-refractivity contribution in [1.82, 2.24) is 9.97 Å². The molecule has 1 heterocycles. The lowest BCUT2D eigenvalue weighted by Crippen LogP contribution is -2.12. The zero-order valence-electron chi connectivity index (χ0n) is 12.0. The summed E-state index contributed by atoms with van der Waals surface area (Å²) < 4.78 is 10.6. The number of aryl methyl sites for hydroxylation is 1. The van der Waals surface area contributed by atoms with Gasteiger partial charge in [-0.15, -0.1) is 0 Å². The van der Waals surface area contributed by atoms with Crippen LogP contribution in [0.5, 0.6) is 5.88 Å². The Labute approximate surface area is 114 Å². The topological polar surface area (TPSA) is 82.3 Å². The van der Waals surface area contributed by atoms with Crippen molar-refractivity contribution in [2.75, 3.05) is 37.9 Å². The summed E-state index contributed by atoms with van der Waals surface area (Å²) in [5.74, 6) is 1.75. The van der Waals surface area contributed by atoms with Crippen molar-refractivity contribution in [3.05, 3.63) is 5.82 Å². The highest BCUT2D eigenvalue weighted by molar-refractivity contribution is 5.66. The summed E-state index contributed by atoms with van der Waals surface area (Å²) >= 11 is 0. The number of ether oxygens (including phenoxy) is 2. The van der Waals surface area contributed by atoms with Crippen molar-refractivity contribution >= 4 is 11.5 Å². The van der Waals surface area contributed by atoms with Gasteiger partial charge in [0.2, 0.25) is 5.88 Å². The Morgan fingerprint density at radius 1 is 1.21 bits per heavy atom. The van der Waals surface area contributed by atoms with Crippen LogP contribution in [-0.2, 0) is 4.74 Å². The fourth-order valence-corrected chi connectivity index (χ4v) is 1.54. The van der Waals surface area contributed by atoms with E-state index in [1.807, 2.05) is 6.92 Å². The minimum absolute atomic E-state index is 0.468. The molecule has 0 bridgehead atoms. The van der Waals surface area contributed by atoms with Crippen LogP contribution in [0.4, 0.5) is 11.5 Å². The first kappa shape index (κ1) is 15.5. The van der Waals surface area contributed by atoms with Gasteiger partial charge < -0.3 is 20.5 Å². The molecule has 0 aliphatic carbocycles. The van der Waals surface area contributed by atoms with Crippen molar-refractivity contribution in [2.45, 2.75) is 33.1 Å². The zero-order chi connectivity index (χ0) is 14.1. The molecule has 3 N–H and O–H groups in total. The maximum atomic E-state index is 6.01. The molecule has 6 heteroatoms. The van der Waals surface area contributed by atoms with E-state index in [2.05, 4.69) is 22.2 Å². The molecule has 0 spiro atoms. The van der Waals surface area contributed by atoms with Gasteiger partial charge in [0, 0.05) is 20.3 Å². The third-order valence-corrected chi connectivity index (χ3v) is 2.58. The number of nitrogen functional groups attached to an aromatic ring is 1. The van der Waals surface area contributed by atoms with Crippen molar-refractivity contribution in [1.29, 1.82) is 0 Å². The minimum atomic E-state index is 0.468. The third-order valence-electron chi connectivity index (χ3n) is 2.58. The van der Waals surface area contributed by atoms with Gasteiger partial charge in [-0.05, 0) is 19.8 Å². The Kier molecular flexibility index (Phi) is 6.95. The highest BCUT2D eigenvalue weighted by Gasteiger charge is 2.10. The van der Waals surface area contributed by atoms with Gasteiger partial charge in [-0.25, -0.2) is 4.98 Å². The molecule has 1 aromatic heterocycles. The molecule has 0 atom stereocenters. The number of nitrogens with one attached hydrogen (secondary N) is 1. The Hall–Kier alpha value is -1.56. The van der Waals surface area contributed by atoms with Crippen molar-refractivity contribution in [3.63, 3.8) is 0 Å². The number of hydrogen-bond donors (Lipinski definition) is 2. The number of unbranched alkanes of at least 4 members (excludes halogenated alkanes) is 1. The average molecular weight is 268 g/mol. The highest BCUT2D eigenvalue weighted by Crippen LogP contribution is 2.26. The van der Waals surface area contributed by atoms with E-state index in [1.165, 1.54) is 0 Å². The van der Waals surface area contributed by atoms with Gasteiger partial charge in [-0.3, -0.25) is 0 Å². The lowest BCUT2D eigenvalue weighted by molar-refractivity contribution is 0.197. The second kappa shape index (κ2) is 8.53. The SMILES string of the molecule is CCCCOc1nc(C)nc(NCCCOC)c1N. The molecule has 6 nitrogen and oxygen atoms in total. The molecular formula is C13H24N4O2. The molecular weight excluding hydrogens is 244 g/mol. The van der Waals surface area contributed by atoms with E-state index in [0.717, 1.165) is 25.8 Å². The van der Waals surface area contributed by atoms with Crippen molar-refractivity contribution in [3.8, 4) is 5.88 Å². The minimum Gasteiger partial charge on any atom is -0.476 e. The van der Waals surface area contributed by atoms with Crippen LogP contribution in [0.25, 0.3) is 0 Å². The summed E-state index contributed by atoms with van der Waals surface area (Å²) in [6.07, 6.45) is 2.95. The maximum Gasteiger partial charge on any atom is 0.242 e. The first-order valence-electron chi connectivity index (χ1n) is 6.68. The lowest BCUT2D eigenvalue weighted by Gasteiger charge is -2.13. The van der Waals surface area contributed by atoms with Crippen LogP contribution in [0.1, 0.15) is 32.0 Å². The fourth-order valence-electron chi connectivity index (χ4n) is 1.54. The number of rotatable bonds is 9. The molecule has 0 radical (unpaired) electrons. The van der Waals surface area contributed by atoms with Gasteiger partial charge >= 0.3 is 0 Å². The molecule has 0 fully saturated rings. The molecule has 0 saturated carbocycles. The lowest BCUT2D eigenvalue weighted by atomic mass is 10.3. The molecule has 19 heavy (non-hydrogen) atoms. The summed E-state index contributed by atoms with van der Waals surface area (Å²) in [4.78, 5) is 8.52. The number of hydrogen-bond acceptors (Lipinski definition) is 6. The largest absolute Gasteiger partial charge is 0.476 e. The highest BCUT2D eigenvalue weighted by atomic mass is 16.5. The normalized spacial score (nSPS) is 10.5. The quantitative estimate of drug-likeness (QED) is 0.666. The van der Waals surface area contributed by atoms with Crippen LogP contribution in [0.2, 0.25) is 0 Å². The number of nitrogens with zero attached hydrogens (tertiary/aromatic N) is 2. The number of methoxy groups -OCH3 is 1. The third kappa shape index (κ3) is 5.30. The molecule has 0 aromatic carbocycles. The van der Waals surface area contributed by atoms with Gasteiger partial charge in [0.1, 0.15) is 11.5 Å². The molecule has 0 amide bonds. The van der Waals surface area contributed by atoms with Crippen LogP contribution in [0.15, 0.2) is 0 Å². The van der Waals surface area contributed by atoms with Gasteiger partial charge in [-0.1, -0.05) is 13.3 Å². The first-order valence-corrected chi connectivity index (χ1v) is 6.68. The Morgan fingerprint density at radius 2 is 2.00 bits per heavy atom. The molecule has 0 aliphatic rings. The Bertz CT molecular complexity index is 385. The van der Waals surface area contributed by atoms with Crippen LogP contribution in [-0.4, -0.2) is 36.8 Å². The van der Waals surface area contributed by atoms with Crippen molar-refractivity contribution in [2.24, 2.45) is 0 Å². The second-order valence-corrected chi connectivity index (χ2v) is 4.31. The number of anilines is 2. The van der Waals surface area contributed by atoms with Gasteiger partial charge in [-0.2, -0.15) is 4.98 Å². The van der Waals surface area contributed by atoms with E-state index < -0.39 is 0 Å². The summed E-state index contributed by atoms with van der Waals surface area (Å²) in [5, 5.41) is 3.18. The number of aromatic nitrogens is 2. The van der Waals surface area contributed by atoms with E-state index in [4.69, 9.17) is 15.2 Å². The molecule has 0 aliphatic heterocycles. The van der Waals surface area contributed by atoms with Gasteiger partial charge in [0.05, 0.1) is 6.61 Å². The summed E-state index contributed by atoms with van der Waals surface area (Å²) in [5.41, 5.74) is 6.48. The second-order valence-electron chi connectivity index (χ2n) is 4.31. The zero-order valence-corrected chi connectivity index (χ0v) is 12.0. The van der Waals surface area contributed by atoms with Crippen LogP contribution in [0, 0.1) is 6.92 Å². The molecule has 108 valence electrons. The Morgan fingerprint density at radius 3 is 2.68 bits per heavy atom. The van der Waals surface area contributed by atoms with Crippen LogP contribution >= 0.6 is 0 Å². The van der Waals surface area contributed by atoms with Crippen molar-refractivity contribution < 1.29 is 9.47 Å². The molecule has 1 aromatic rings. The standard InChI is InChI=1S/C13H24N4O2/c1-4-5-9-19-13-11(14)12(16-10(2)17-13)15-7-6-8-18-3/h4-9,14H2,1-3H3,(H,15,16,17). The molecule has 0 saturated heterocycles. The van der Waals surface area contributed by atoms with Gasteiger partial charge in [0.15, 0.2) is 5.82 Å². The van der Waals surface area contributed by atoms with E-state index in [0.29, 0.717) is 36.4 Å². The predicted octanol–water partition coefficient (Wildman–Crippen LogP) is 1.99. The predicted molar refractivity (Wildman–Crippen MR) is 76.6 cm³/mol. The summed E-state index contributed by atoms with van der Waals surface area (Å²) in [6, 6.07) is 0. The fraction of sp³-hybridized carbons (Fsp3) is 0.692. The molecule has 0 unspecified atom stereocenters. The first-order chi connectivity index (χ1) is 9.19. The van der Waals surface area contributed by atoms with E-state index >= 15 is 0 Å².